The van der Waals surface area contributed by atoms with Crippen molar-refractivity contribution in [3.63, 3.8) is 0 Å². The lowest BCUT2D eigenvalue weighted by atomic mass is 10.1. The van der Waals surface area contributed by atoms with Gasteiger partial charge in [-0.1, -0.05) is 18.6 Å². The Hall–Kier alpha value is -2.38. The molecule has 1 aliphatic heterocycles. The van der Waals surface area contributed by atoms with Crippen molar-refractivity contribution in [3.8, 4) is 0 Å². The Morgan fingerprint density at radius 2 is 1.93 bits per heavy atom. The maximum Gasteiger partial charge on any atom is 0.416 e. The van der Waals surface area contributed by atoms with Crippen molar-refractivity contribution < 1.29 is 18.0 Å². The molecule has 1 aromatic carbocycles. The number of aryl methyl sites for hydroxylation is 1. The maximum absolute atomic E-state index is 12.6. The van der Waals surface area contributed by atoms with Crippen LogP contribution in [0.25, 0.3) is 0 Å². The fourth-order valence-corrected chi connectivity index (χ4v) is 3.93. The summed E-state index contributed by atoms with van der Waals surface area (Å²) in [5, 5.41) is 11.5. The number of benzene rings is 1. The van der Waals surface area contributed by atoms with Gasteiger partial charge < -0.3 is 9.88 Å². The highest BCUT2D eigenvalue weighted by molar-refractivity contribution is 5.82. The lowest BCUT2D eigenvalue weighted by molar-refractivity contribution is -0.137. The first kappa shape index (κ1) is 19.0. The van der Waals surface area contributed by atoms with Crippen LogP contribution in [-0.4, -0.2) is 27.2 Å². The fourth-order valence-electron chi connectivity index (χ4n) is 3.93. The zero-order valence-electron chi connectivity index (χ0n) is 15.5. The van der Waals surface area contributed by atoms with Gasteiger partial charge in [-0.2, -0.15) is 13.2 Å². The van der Waals surface area contributed by atoms with Crippen molar-refractivity contribution in [1.82, 2.24) is 20.1 Å². The third-order valence-corrected chi connectivity index (χ3v) is 5.63. The number of fused-ring (bicyclic) bond motifs is 1. The van der Waals surface area contributed by atoms with Gasteiger partial charge in [-0.15, -0.1) is 10.2 Å². The number of hydrogen-bond donors (Lipinski definition) is 1. The number of hydrogen-bond acceptors (Lipinski definition) is 3. The van der Waals surface area contributed by atoms with Gasteiger partial charge in [0.25, 0.3) is 0 Å². The Labute approximate surface area is 161 Å². The average Bonchev–Trinajstić information content (AvgIpc) is 3.43. The van der Waals surface area contributed by atoms with Crippen molar-refractivity contribution in [2.24, 2.45) is 5.92 Å². The summed E-state index contributed by atoms with van der Waals surface area (Å²) in [7, 11) is 0. The van der Waals surface area contributed by atoms with Crippen LogP contribution in [0.5, 0.6) is 0 Å². The lowest BCUT2D eigenvalue weighted by Gasteiger charge is -2.09. The molecule has 1 amide bonds. The standard InChI is InChI=1S/C20H23F3N4O/c21-20(22,23)14-7-5-13(6-8-14)15-12-16(15)19(28)24-10-9-18-26-25-17-4-2-1-3-11-27(17)18/h5-8,15-16H,1-4,9-12H2,(H,24,28). The molecule has 1 aromatic heterocycles. The van der Waals surface area contributed by atoms with Crippen molar-refractivity contribution in [2.75, 3.05) is 6.54 Å². The molecule has 1 N–H and O–H groups in total. The number of carbonyl (C=O) groups excluding carboxylic acids is 1. The molecule has 2 atom stereocenters. The van der Waals surface area contributed by atoms with E-state index in [0.717, 1.165) is 55.2 Å². The van der Waals surface area contributed by atoms with E-state index in [1.54, 1.807) is 0 Å². The third-order valence-electron chi connectivity index (χ3n) is 5.63. The summed E-state index contributed by atoms with van der Waals surface area (Å²) in [6.07, 6.45) is 1.40. The zero-order valence-corrected chi connectivity index (χ0v) is 15.5. The molecule has 0 radical (unpaired) electrons. The molecule has 0 saturated heterocycles. The highest BCUT2D eigenvalue weighted by Gasteiger charge is 2.44. The summed E-state index contributed by atoms with van der Waals surface area (Å²) >= 11 is 0. The minimum atomic E-state index is -4.33. The molecular weight excluding hydrogens is 369 g/mol. The second kappa shape index (κ2) is 7.56. The Kier molecular flexibility index (Phi) is 5.12. The lowest BCUT2D eigenvalue weighted by Crippen LogP contribution is -2.28. The molecule has 0 spiro atoms. The normalized spacial score (nSPS) is 21.7. The van der Waals surface area contributed by atoms with E-state index >= 15 is 0 Å². The highest BCUT2D eigenvalue weighted by atomic mass is 19.4. The number of halogens is 3. The maximum atomic E-state index is 12.6. The van der Waals surface area contributed by atoms with Crippen LogP contribution < -0.4 is 5.32 Å². The molecule has 2 unspecified atom stereocenters. The number of alkyl halides is 3. The largest absolute Gasteiger partial charge is 0.416 e. The van der Waals surface area contributed by atoms with Crippen LogP contribution in [0.3, 0.4) is 0 Å². The first-order valence-corrected chi connectivity index (χ1v) is 9.79. The Balaban J connectivity index is 1.27. The molecule has 0 bridgehead atoms. The van der Waals surface area contributed by atoms with Crippen molar-refractivity contribution in [1.29, 1.82) is 0 Å². The molecule has 1 fully saturated rings. The topological polar surface area (TPSA) is 59.8 Å². The molecule has 2 aromatic rings. The van der Waals surface area contributed by atoms with Crippen molar-refractivity contribution >= 4 is 5.91 Å². The van der Waals surface area contributed by atoms with E-state index in [9.17, 15) is 18.0 Å². The molecule has 2 aliphatic rings. The summed E-state index contributed by atoms with van der Waals surface area (Å²) in [4.78, 5) is 12.4. The quantitative estimate of drug-likeness (QED) is 0.848. The minimum absolute atomic E-state index is 0.00616. The molecule has 8 heteroatoms. The summed E-state index contributed by atoms with van der Waals surface area (Å²) in [6.45, 7) is 1.43. The number of nitrogens with zero attached hydrogens (tertiary/aromatic N) is 3. The number of rotatable bonds is 5. The molecule has 28 heavy (non-hydrogen) atoms. The molecule has 1 aliphatic carbocycles. The van der Waals surface area contributed by atoms with E-state index in [1.165, 1.54) is 18.6 Å². The van der Waals surface area contributed by atoms with E-state index in [0.29, 0.717) is 19.4 Å². The van der Waals surface area contributed by atoms with Crippen molar-refractivity contribution in [2.45, 2.75) is 57.2 Å². The van der Waals surface area contributed by atoms with Gasteiger partial charge in [-0.25, -0.2) is 0 Å². The summed E-state index contributed by atoms with van der Waals surface area (Å²) in [6, 6.07) is 5.12. The number of carbonyl (C=O) groups is 1. The van der Waals surface area contributed by atoms with E-state index in [1.807, 2.05) is 0 Å². The fraction of sp³-hybridized carbons (Fsp3) is 0.550. The van der Waals surface area contributed by atoms with Gasteiger partial charge in [0.05, 0.1) is 5.56 Å². The summed E-state index contributed by atoms with van der Waals surface area (Å²) in [5.41, 5.74) is 0.126. The first-order chi connectivity index (χ1) is 13.4. The van der Waals surface area contributed by atoms with Gasteiger partial charge in [0, 0.05) is 31.8 Å². The monoisotopic (exact) mass is 392 g/mol. The first-order valence-electron chi connectivity index (χ1n) is 9.79. The molecule has 1 saturated carbocycles. The smallest absolute Gasteiger partial charge is 0.355 e. The highest BCUT2D eigenvalue weighted by Crippen LogP contribution is 2.47. The van der Waals surface area contributed by atoms with Crippen LogP contribution >= 0.6 is 0 Å². The number of aromatic nitrogens is 3. The summed E-state index contributed by atoms with van der Waals surface area (Å²) < 4.78 is 40.1. The third kappa shape index (κ3) is 4.05. The van der Waals surface area contributed by atoms with Crippen LogP contribution in [0.1, 0.15) is 54.4 Å². The second-order valence-corrected chi connectivity index (χ2v) is 7.60. The van der Waals surface area contributed by atoms with E-state index in [4.69, 9.17) is 0 Å². The second-order valence-electron chi connectivity index (χ2n) is 7.60. The van der Waals surface area contributed by atoms with Crippen LogP contribution in [0.4, 0.5) is 13.2 Å². The molecule has 5 nitrogen and oxygen atoms in total. The number of amides is 1. The Morgan fingerprint density at radius 3 is 2.68 bits per heavy atom. The molecule has 4 rings (SSSR count). The molecule has 2 heterocycles. The van der Waals surface area contributed by atoms with E-state index in [-0.39, 0.29) is 17.7 Å². The molecule has 150 valence electrons. The number of nitrogens with one attached hydrogen (secondary N) is 1. The van der Waals surface area contributed by atoms with Gasteiger partial charge in [0.15, 0.2) is 0 Å². The molecular formula is C20H23F3N4O. The van der Waals surface area contributed by atoms with Crippen LogP contribution in [0.15, 0.2) is 24.3 Å². The van der Waals surface area contributed by atoms with Gasteiger partial charge in [0.1, 0.15) is 11.6 Å². The van der Waals surface area contributed by atoms with E-state index in [2.05, 4.69) is 20.1 Å². The van der Waals surface area contributed by atoms with Gasteiger partial charge in [-0.05, 0) is 42.9 Å². The SMILES string of the molecule is O=C(NCCc1nnc2n1CCCCC2)C1CC1c1ccc(C(F)(F)F)cc1. The van der Waals surface area contributed by atoms with Gasteiger partial charge in [0.2, 0.25) is 5.91 Å². The Morgan fingerprint density at radius 1 is 1.14 bits per heavy atom. The van der Waals surface area contributed by atoms with Crippen LogP contribution in [0, 0.1) is 5.92 Å². The van der Waals surface area contributed by atoms with Crippen LogP contribution in [-0.2, 0) is 30.4 Å². The minimum Gasteiger partial charge on any atom is -0.355 e. The van der Waals surface area contributed by atoms with Gasteiger partial charge in [-0.3, -0.25) is 4.79 Å². The van der Waals surface area contributed by atoms with Gasteiger partial charge >= 0.3 is 6.18 Å². The predicted molar refractivity (Wildman–Crippen MR) is 96.6 cm³/mol. The van der Waals surface area contributed by atoms with E-state index < -0.39 is 11.7 Å². The average molecular weight is 392 g/mol. The van der Waals surface area contributed by atoms with Crippen LogP contribution in [0.2, 0.25) is 0 Å². The Bertz CT molecular complexity index is 844. The van der Waals surface area contributed by atoms with Crippen molar-refractivity contribution in [3.05, 3.63) is 47.0 Å². The predicted octanol–water partition coefficient (Wildman–Crippen LogP) is 3.49. The zero-order chi connectivity index (χ0) is 19.7. The summed E-state index contributed by atoms with van der Waals surface area (Å²) in [5.74, 6) is 1.75.